The number of hydrazone groups is 1. The van der Waals surface area contributed by atoms with E-state index in [1.807, 2.05) is 36.4 Å². The lowest BCUT2D eigenvalue weighted by Crippen LogP contribution is -2.44. The first-order valence-electron chi connectivity index (χ1n) is 8.97. The highest BCUT2D eigenvalue weighted by Crippen LogP contribution is 2.31. The maximum Gasteiger partial charge on any atom is 0.265 e. The van der Waals surface area contributed by atoms with E-state index in [0.717, 1.165) is 17.7 Å². The molecule has 2 amide bonds. The first-order valence-corrected chi connectivity index (χ1v) is 8.97. The molecule has 0 atom stereocenters. The van der Waals surface area contributed by atoms with Crippen molar-refractivity contribution in [3.63, 3.8) is 0 Å². The van der Waals surface area contributed by atoms with Crippen molar-refractivity contribution in [1.82, 2.24) is 5.43 Å². The van der Waals surface area contributed by atoms with E-state index in [-0.39, 0.29) is 25.0 Å². The number of hydrogen-bond acceptors (Lipinski definition) is 4. The summed E-state index contributed by atoms with van der Waals surface area (Å²) in [4.78, 5) is 26.0. The molecule has 6 heteroatoms. The lowest BCUT2D eigenvalue weighted by molar-refractivity contribution is -0.125. The second kappa shape index (κ2) is 8.49. The van der Waals surface area contributed by atoms with Crippen LogP contribution in [0.15, 0.2) is 59.7 Å². The molecule has 0 saturated heterocycles. The van der Waals surface area contributed by atoms with E-state index in [1.54, 1.807) is 18.2 Å². The number of amides is 2. The van der Waals surface area contributed by atoms with E-state index >= 15 is 0 Å². The van der Waals surface area contributed by atoms with Crippen molar-refractivity contribution in [2.45, 2.75) is 20.3 Å². The number of nitrogens with one attached hydrogen (secondary N) is 1. The van der Waals surface area contributed by atoms with Gasteiger partial charge in [0.1, 0.15) is 12.3 Å². The van der Waals surface area contributed by atoms with Crippen molar-refractivity contribution in [1.29, 1.82) is 0 Å². The number of rotatable bonds is 6. The van der Waals surface area contributed by atoms with Gasteiger partial charge in [-0.1, -0.05) is 56.3 Å². The van der Waals surface area contributed by atoms with E-state index in [1.165, 1.54) is 4.90 Å². The summed E-state index contributed by atoms with van der Waals surface area (Å²) < 4.78 is 5.40. The van der Waals surface area contributed by atoms with Crippen molar-refractivity contribution in [2.24, 2.45) is 11.0 Å². The van der Waals surface area contributed by atoms with Crippen molar-refractivity contribution in [3.8, 4) is 5.75 Å². The summed E-state index contributed by atoms with van der Waals surface area (Å²) in [6, 6.07) is 16.9. The molecule has 140 valence electrons. The smallest absolute Gasteiger partial charge is 0.265 e. The number of anilines is 1. The Hall–Kier alpha value is -3.15. The number of para-hydroxylation sites is 2. The molecule has 0 saturated carbocycles. The van der Waals surface area contributed by atoms with Crippen LogP contribution in [-0.4, -0.2) is 30.7 Å². The first-order chi connectivity index (χ1) is 13.0. The molecule has 0 fully saturated rings. The highest BCUT2D eigenvalue weighted by Gasteiger charge is 2.26. The van der Waals surface area contributed by atoms with Crippen LogP contribution >= 0.6 is 0 Å². The number of hydrogen-bond donors (Lipinski definition) is 1. The van der Waals surface area contributed by atoms with Gasteiger partial charge in [0, 0.05) is 0 Å². The predicted molar refractivity (Wildman–Crippen MR) is 105 cm³/mol. The molecule has 0 bridgehead atoms. The van der Waals surface area contributed by atoms with Gasteiger partial charge in [0.05, 0.1) is 11.4 Å². The zero-order valence-electron chi connectivity index (χ0n) is 15.5. The van der Waals surface area contributed by atoms with Crippen LogP contribution in [0.5, 0.6) is 5.75 Å². The minimum absolute atomic E-state index is 0.0732. The quantitative estimate of drug-likeness (QED) is 0.632. The largest absolute Gasteiger partial charge is 0.482 e. The molecule has 2 aromatic rings. The third-order valence-corrected chi connectivity index (χ3v) is 4.13. The first kappa shape index (κ1) is 18.6. The van der Waals surface area contributed by atoms with E-state index in [4.69, 9.17) is 4.74 Å². The van der Waals surface area contributed by atoms with Crippen molar-refractivity contribution in [2.75, 3.05) is 18.1 Å². The van der Waals surface area contributed by atoms with Gasteiger partial charge in [0.15, 0.2) is 6.61 Å². The van der Waals surface area contributed by atoms with E-state index in [9.17, 15) is 9.59 Å². The Morgan fingerprint density at radius 2 is 1.85 bits per heavy atom. The molecule has 0 aromatic heterocycles. The van der Waals surface area contributed by atoms with Gasteiger partial charge in [-0.15, -0.1) is 0 Å². The van der Waals surface area contributed by atoms with Gasteiger partial charge in [-0.25, -0.2) is 5.43 Å². The Labute approximate surface area is 158 Å². The Kier molecular flexibility index (Phi) is 5.86. The molecule has 0 unspecified atom stereocenters. The van der Waals surface area contributed by atoms with Gasteiger partial charge in [-0.05, 0) is 30.0 Å². The monoisotopic (exact) mass is 365 g/mol. The second-order valence-corrected chi connectivity index (χ2v) is 6.79. The lowest BCUT2D eigenvalue weighted by Gasteiger charge is -2.28. The van der Waals surface area contributed by atoms with Gasteiger partial charge >= 0.3 is 0 Å². The zero-order valence-corrected chi connectivity index (χ0v) is 15.5. The number of nitrogens with zero attached hydrogens (tertiary/aromatic N) is 2. The summed E-state index contributed by atoms with van der Waals surface area (Å²) in [7, 11) is 0. The Bertz CT molecular complexity index is 847. The molecule has 27 heavy (non-hydrogen) atoms. The normalized spacial score (nSPS) is 14.0. The minimum atomic E-state index is -0.350. The number of carbonyl (C=O) groups excluding carboxylic acids is 2. The Balaban J connectivity index is 1.73. The molecule has 1 aliphatic rings. The molecule has 1 N–H and O–H groups in total. The van der Waals surface area contributed by atoms with Crippen LogP contribution in [0.2, 0.25) is 0 Å². The molecule has 0 spiro atoms. The number of benzene rings is 2. The Morgan fingerprint density at radius 1 is 1.15 bits per heavy atom. The summed E-state index contributed by atoms with van der Waals surface area (Å²) in [5.41, 5.74) is 4.98. The summed E-state index contributed by atoms with van der Waals surface area (Å²) in [5, 5.41) is 4.33. The highest BCUT2D eigenvalue weighted by molar-refractivity contribution is 6.03. The SMILES string of the molecule is CC(C)C/C(=N/NC(=O)CN1C(=O)COc2ccccc21)c1ccccc1. The average molecular weight is 365 g/mol. The van der Waals surface area contributed by atoms with Gasteiger partial charge in [0.25, 0.3) is 11.8 Å². The van der Waals surface area contributed by atoms with Crippen LogP contribution < -0.4 is 15.1 Å². The van der Waals surface area contributed by atoms with E-state index < -0.39 is 0 Å². The van der Waals surface area contributed by atoms with Crippen molar-refractivity contribution < 1.29 is 14.3 Å². The molecular formula is C21H23N3O3. The fourth-order valence-corrected chi connectivity index (χ4v) is 2.88. The van der Waals surface area contributed by atoms with E-state index in [2.05, 4.69) is 24.4 Å². The molecule has 1 heterocycles. The van der Waals surface area contributed by atoms with Gasteiger partial charge in [-0.3, -0.25) is 14.5 Å². The molecular weight excluding hydrogens is 342 g/mol. The second-order valence-electron chi connectivity index (χ2n) is 6.79. The predicted octanol–water partition coefficient (Wildman–Crippen LogP) is 2.98. The van der Waals surface area contributed by atoms with Gasteiger partial charge in [-0.2, -0.15) is 5.10 Å². The van der Waals surface area contributed by atoms with Crippen LogP contribution in [0, 0.1) is 5.92 Å². The van der Waals surface area contributed by atoms with Gasteiger partial charge in [0.2, 0.25) is 0 Å². The fourth-order valence-electron chi connectivity index (χ4n) is 2.88. The molecule has 2 aromatic carbocycles. The average Bonchev–Trinajstić information content (AvgIpc) is 2.68. The third kappa shape index (κ3) is 4.73. The topological polar surface area (TPSA) is 71.0 Å². The minimum Gasteiger partial charge on any atom is -0.482 e. The molecule has 6 nitrogen and oxygen atoms in total. The highest BCUT2D eigenvalue weighted by atomic mass is 16.5. The maximum atomic E-state index is 12.4. The molecule has 3 rings (SSSR count). The summed E-state index contributed by atoms with van der Waals surface area (Å²) >= 11 is 0. The summed E-state index contributed by atoms with van der Waals surface area (Å²) in [6.45, 7) is 4.02. The Morgan fingerprint density at radius 3 is 2.59 bits per heavy atom. The van der Waals surface area contributed by atoms with Gasteiger partial charge < -0.3 is 4.74 Å². The number of ether oxygens (including phenoxy) is 1. The zero-order chi connectivity index (χ0) is 19.2. The number of carbonyl (C=O) groups is 2. The van der Waals surface area contributed by atoms with Crippen LogP contribution in [-0.2, 0) is 9.59 Å². The lowest BCUT2D eigenvalue weighted by atomic mass is 10.0. The fraction of sp³-hybridized carbons (Fsp3) is 0.286. The van der Waals surface area contributed by atoms with Crippen LogP contribution in [0.3, 0.4) is 0 Å². The summed E-state index contributed by atoms with van der Waals surface area (Å²) in [6.07, 6.45) is 0.740. The van der Waals surface area contributed by atoms with Crippen LogP contribution in [0.4, 0.5) is 5.69 Å². The van der Waals surface area contributed by atoms with E-state index in [0.29, 0.717) is 17.4 Å². The van der Waals surface area contributed by atoms with Crippen molar-refractivity contribution >= 4 is 23.2 Å². The standard InChI is InChI=1S/C21H23N3O3/c1-15(2)12-17(16-8-4-3-5-9-16)22-23-20(25)13-24-18-10-6-7-11-19(18)27-14-21(24)26/h3-11,15H,12-14H2,1-2H3,(H,23,25)/b22-17-. The molecule has 0 aliphatic carbocycles. The molecule has 0 radical (unpaired) electrons. The van der Waals surface area contributed by atoms with Crippen LogP contribution in [0.1, 0.15) is 25.8 Å². The van der Waals surface area contributed by atoms with Crippen molar-refractivity contribution in [3.05, 3.63) is 60.2 Å². The number of fused-ring (bicyclic) bond motifs is 1. The molecule has 1 aliphatic heterocycles. The summed E-state index contributed by atoms with van der Waals surface area (Å²) in [5.74, 6) is 0.391. The third-order valence-electron chi connectivity index (χ3n) is 4.13. The van der Waals surface area contributed by atoms with Crippen LogP contribution in [0.25, 0.3) is 0 Å². The maximum absolute atomic E-state index is 12.4.